The summed E-state index contributed by atoms with van der Waals surface area (Å²) in [5, 5.41) is 9.11. The average molecular weight is 284 g/mol. The number of aliphatic hydroxyl groups excluding tert-OH is 1. The summed E-state index contributed by atoms with van der Waals surface area (Å²) in [6, 6.07) is 7.28. The Morgan fingerprint density at radius 1 is 1.37 bits per heavy atom. The van der Waals surface area contributed by atoms with Gasteiger partial charge in [-0.05, 0) is 39.3 Å². The molecular formula is C15H21FO2S. The number of allylic oxidation sites excluding steroid dienone is 2. The highest BCUT2D eigenvalue weighted by molar-refractivity contribution is 7.85. The van der Waals surface area contributed by atoms with E-state index in [2.05, 4.69) is 0 Å². The Morgan fingerprint density at radius 3 is 2.42 bits per heavy atom. The third-order valence-corrected chi connectivity index (χ3v) is 4.67. The van der Waals surface area contributed by atoms with E-state index in [1.54, 1.807) is 12.1 Å². The normalized spacial score (nSPS) is 15.6. The fourth-order valence-electron chi connectivity index (χ4n) is 1.69. The number of halogens is 1. The Hall–Kier alpha value is -1.00. The first kappa shape index (κ1) is 16.1. The van der Waals surface area contributed by atoms with Crippen molar-refractivity contribution in [1.29, 1.82) is 0 Å². The number of aliphatic hydroxyl groups is 1. The monoisotopic (exact) mass is 284 g/mol. The predicted molar refractivity (Wildman–Crippen MR) is 77.4 cm³/mol. The van der Waals surface area contributed by atoms with Crippen LogP contribution in [0.2, 0.25) is 0 Å². The summed E-state index contributed by atoms with van der Waals surface area (Å²) in [6.07, 6.45) is 1.10. The van der Waals surface area contributed by atoms with Crippen molar-refractivity contribution in [3.05, 3.63) is 41.5 Å². The quantitative estimate of drug-likeness (QED) is 0.815. The van der Waals surface area contributed by atoms with Gasteiger partial charge in [0.15, 0.2) is 0 Å². The molecule has 0 saturated heterocycles. The van der Waals surface area contributed by atoms with E-state index in [0.717, 1.165) is 11.1 Å². The first-order chi connectivity index (χ1) is 8.95. The third kappa shape index (κ3) is 4.88. The molecule has 0 aromatic heterocycles. The van der Waals surface area contributed by atoms with Crippen LogP contribution in [0.1, 0.15) is 25.8 Å². The molecule has 19 heavy (non-hydrogen) atoms. The second-order valence-corrected chi connectivity index (χ2v) is 6.56. The van der Waals surface area contributed by atoms with Gasteiger partial charge >= 0.3 is 0 Å². The minimum atomic E-state index is -1.41. The van der Waals surface area contributed by atoms with Crippen molar-refractivity contribution in [2.45, 2.75) is 43.4 Å². The summed E-state index contributed by atoms with van der Waals surface area (Å²) in [7, 11) is -1.41. The lowest BCUT2D eigenvalue weighted by molar-refractivity contribution is 0.136. The molecule has 3 atom stereocenters. The van der Waals surface area contributed by atoms with Gasteiger partial charge in [0.2, 0.25) is 0 Å². The molecule has 4 heteroatoms. The van der Waals surface area contributed by atoms with Crippen molar-refractivity contribution in [1.82, 2.24) is 0 Å². The minimum Gasteiger partial charge on any atom is -0.389 e. The first-order valence-corrected chi connectivity index (χ1v) is 7.51. The van der Waals surface area contributed by atoms with Crippen molar-refractivity contribution < 1.29 is 13.7 Å². The van der Waals surface area contributed by atoms with Crippen LogP contribution in [0.5, 0.6) is 0 Å². The topological polar surface area (TPSA) is 37.3 Å². The van der Waals surface area contributed by atoms with E-state index in [1.807, 2.05) is 39.0 Å². The van der Waals surface area contributed by atoms with Gasteiger partial charge in [-0.25, -0.2) is 4.39 Å². The lowest BCUT2D eigenvalue weighted by Gasteiger charge is -2.19. The van der Waals surface area contributed by atoms with Gasteiger partial charge in [-0.1, -0.05) is 29.3 Å². The molecule has 106 valence electrons. The van der Waals surface area contributed by atoms with Gasteiger partial charge in [0.25, 0.3) is 0 Å². The maximum Gasteiger partial charge on any atom is 0.116 e. The molecule has 0 bridgehead atoms. The molecule has 0 amide bonds. The van der Waals surface area contributed by atoms with E-state index in [4.69, 9.17) is 0 Å². The van der Waals surface area contributed by atoms with Crippen molar-refractivity contribution in [3.63, 3.8) is 0 Å². The molecule has 0 aliphatic heterocycles. The SMILES string of the molecule is CC(C)=CC[C@@H]([C@H](O)CF)[S@@](=O)c1ccc(C)cc1. The lowest BCUT2D eigenvalue weighted by Crippen LogP contribution is -2.31. The van der Waals surface area contributed by atoms with Gasteiger partial charge in [0, 0.05) is 4.90 Å². The number of hydrogen-bond donors (Lipinski definition) is 1. The Morgan fingerprint density at radius 2 is 1.95 bits per heavy atom. The van der Waals surface area contributed by atoms with Crippen LogP contribution >= 0.6 is 0 Å². The number of rotatable bonds is 6. The van der Waals surface area contributed by atoms with Crippen molar-refractivity contribution in [3.8, 4) is 0 Å². The van der Waals surface area contributed by atoms with E-state index in [1.165, 1.54) is 0 Å². The van der Waals surface area contributed by atoms with Gasteiger partial charge in [0.1, 0.15) is 6.67 Å². The molecule has 1 rings (SSSR count). The van der Waals surface area contributed by atoms with E-state index in [-0.39, 0.29) is 0 Å². The van der Waals surface area contributed by atoms with Crippen molar-refractivity contribution >= 4 is 10.8 Å². The Labute approximate surface area is 116 Å². The van der Waals surface area contributed by atoms with Crippen LogP contribution < -0.4 is 0 Å². The number of alkyl halides is 1. The van der Waals surface area contributed by atoms with Crippen LogP contribution in [-0.2, 0) is 10.8 Å². The van der Waals surface area contributed by atoms with Crippen LogP contribution in [0.4, 0.5) is 4.39 Å². The standard InChI is InChI=1S/C15H21FO2S/c1-11(2)4-9-15(14(17)10-16)19(18)13-7-5-12(3)6-8-13/h4-8,14-15,17H,9-10H2,1-3H3/t14-,15+,19+/m1/s1. The van der Waals surface area contributed by atoms with Crippen LogP contribution in [0.25, 0.3) is 0 Å². The van der Waals surface area contributed by atoms with Crippen LogP contribution in [-0.4, -0.2) is 27.3 Å². The van der Waals surface area contributed by atoms with Gasteiger partial charge in [0.05, 0.1) is 22.2 Å². The number of benzene rings is 1. The van der Waals surface area contributed by atoms with Crippen LogP contribution in [0.15, 0.2) is 40.8 Å². The number of aryl methyl sites for hydroxylation is 1. The molecule has 0 fully saturated rings. The molecule has 0 aliphatic rings. The zero-order valence-corrected chi connectivity index (χ0v) is 12.4. The van der Waals surface area contributed by atoms with Crippen molar-refractivity contribution in [2.75, 3.05) is 6.67 Å². The molecule has 1 aromatic carbocycles. The summed E-state index contributed by atoms with van der Waals surface area (Å²) in [4.78, 5) is 0.630. The largest absolute Gasteiger partial charge is 0.389 e. The Bertz CT molecular complexity index is 450. The second kappa shape index (κ2) is 7.56. The molecule has 1 N–H and O–H groups in total. The molecular weight excluding hydrogens is 263 g/mol. The fraction of sp³-hybridized carbons (Fsp3) is 0.467. The maximum atomic E-state index is 12.7. The average Bonchev–Trinajstić information content (AvgIpc) is 2.38. The molecule has 0 unspecified atom stereocenters. The van der Waals surface area contributed by atoms with Gasteiger partial charge in [-0.2, -0.15) is 0 Å². The summed E-state index contributed by atoms with van der Waals surface area (Å²) >= 11 is 0. The lowest BCUT2D eigenvalue weighted by atomic mass is 10.1. The van der Waals surface area contributed by atoms with Gasteiger partial charge in [-0.3, -0.25) is 4.21 Å². The summed E-state index contributed by atoms with van der Waals surface area (Å²) < 4.78 is 25.1. The highest BCUT2D eigenvalue weighted by atomic mass is 32.2. The first-order valence-electron chi connectivity index (χ1n) is 6.30. The fourth-order valence-corrected chi connectivity index (χ4v) is 3.07. The van der Waals surface area contributed by atoms with E-state index < -0.39 is 28.8 Å². The molecule has 2 nitrogen and oxygen atoms in total. The second-order valence-electron chi connectivity index (χ2n) is 4.89. The Kier molecular flexibility index (Phi) is 6.38. The third-order valence-electron chi connectivity index (χ3n) is 2.87. The predicted octanol–water partition coefficient (Wildman–Crippen LogP) is 3.16. The minimum absolute atomic E-state index is 0.411. The van der Waals surface area contributed by atoms with E-state index in [9.17, 15) is 13.7 Å². The molecule has 0 spiro atoms. The number of hydrogen-bond acceptors (Lipinski definition) is 2. The van der Waals surface area contributed by atoms with E-state index in [0.29, 0.717) is 11.3 Å². The zero-order chi connectivity index (χ0) is 14.4. The van der Waals surface area contributed by atoms with Gasteiger partial charge < -0.3 is 5.11 Å². The molecule has 0 radical (unpaired) electrons. The van der Waals surface area contributed by atoms with Gasteiger partial charge in [-0.15, -0.1) is 0 Å². The summed E-state index contributed by atoms with van der Waals surface area (Å²) in [5.41, 5.74) is 2.14. The summed E-state index contributed by atoms with van der Waals surface area (Å²) in [6.45, 7) is 4.92. The molecule has 0 saturated carbocycles. The smallest absolute Gasteiger partial charge is 0.116 e. The summed E-state index contributed by atoms with van der Waals surface area (Å²) in [5.74, 6) is 0. The maximum absolute atomic E-state index is 12.7. The van der Waals surface area contributed by atoms with Crippen LogP contribution in [0.3, 0.4) is 0 Å². The van der Waals surface area contributed by atoms with Crippen LogP contribution in [0, 0.1) is 6.92 Å². The molecule has 0 aliphatic carbocycles. The zero-order valence-electron chi connectivity index (χ0n) is 11.6. The molecule has 1 aromatic rings. The Balaban J connectivity index is 2.93. The highest BCUT2D eigenvalue weighted by Crippen LogP contribution is 2.19. The van der Waals surface area contributed by atoms with Crippen molar-refractivity contribution in [2.24, 2.45) is 0 Å². The molecule has 0 heterocycles. The van der Waals surface area contributed by atoms with E-state index >= 15 is 0 Å². The highest BCUT2D eigenvalue weighted by Gasteiger charge is 2.25.